The van der Waals surface area contributed by atoms with E-state index in [9.17, 15) is 8.42 Å². The molecule has 0 aliphatic carbocycles. The lowest BCUT2D eigenvalue weighted by atomic mass is 10.1. The molecule has 148 valence electrons. The van der Waals surface area contributed by atoms with Crippen LogP contribution in [-0.2, 0) is 10.1 Å². The van der Waals surface area contributed by atoms with Gasteiger partial charge in [-0.05, 0) is 12.8 Å². The third-order valence-electron chi connectivity index (χ3n) is 4.53. The lowest BCUT2D eigenvalue weighted by Crippen LogP contribution is -2.41. The molecule has 0 bridgehead atoms. The van der Waals surface area contributed by atoms with Gasteiger partial charge < -0.3 is 9.96 Å². The van der Waals surface area contributed by atoms with Crippen LogP contribution in [0.15, 0.2) is 0 Å². The lowest BCUT2D eigenvalue weighted by molar-refractivity contribution is -0.890. The SMILES string of the molecule is CCCCCCCCCCCCC[N+](C)(C)CCCS(=O)(=O)O.[OH-]. The molecule has 0 amide bonds. The molecule has 0 saturated carbocycles. The Hall–Kier alpha value is -0.170. The maximum absolute atomic E-state index is 10.7. The van der Waals surface area contributed by atoms with Crippen molar-refractivity contribution < 1.29 is 22.9 Å². The molecular formula is C18H41NO4S. The molecule has 0 fully saturated rings. The highest BCUT2D eigenvalue weighted by molar-refractivity contribution is 7.85. The Bertz CT molecular complexity index is 369. The Labute approximate surface area is 150 Å². The van der Waals surface area contributed by atoms with Crippen LogP contribution in [0.25, 0.3) is 0 Å². The predicted molar refractivity (Wildman–Crippen MR) is 101 cm³/mol. The molecule has 0 aromatic carbocycles. The Morgan fingerprint density at radius 3 is 1.50 bits per heavy atom. The Balaban J connectivity index is 0. The van der Waals surface area contributed by atoms with Crippen molar-refractivity contribution in [1.82, 2.24) is 0 Å². The summed E-state index contributed by atoms with van der Waals surface area (Å²) >= 11 is 0. The van der Waals surface area contributed by atoms with Gasteiger partial charge in [-0.25, -0.2) is 0 Å². The molecule has 2 N–H and O–H groups in total. The summed E-state index contributed by atoms with van der Waals surface area (Å²) in [6.07, 6.45) is 15.4. The van der Waals surface area contributed by atoms with E-state index in [1.807, 2.05) is 0 Å². The molecule has 0 aromatic rings. The second kappa shape index (κ2) is 15.1. The van der Waals surface area contributed by atoms with Crippen LogP contribution >= 0.6 is 0 Å². The van der Waals surface area contributed by atoms with Gasteiger partial charge in [0.05, 0.1) is 32.9 Å². The van der Waals surface area contributed by atoms with E-state index in [0.29, 0.717) is 6.42 Å². The van der Waals surface area contributed by atoms with Crippen LogP contribution in [0, 0.1) is 0 Å². The summed E-state index contributed by atoms with van der Waals surface area (Å²) in [5.74, 6) is -0.118. The third kappa shape index (κ3) is 19.9. The van der Waals surface area contributed by atoms with Gasteiger partial charge in [0, 0.05) is 6.42 Å². The number of quaternary nitrogens is 1. The van der Waals surface area contributed by atoms with Gasteiger partial charge in [-0.1, -0.05) is 64.7 Å². The van der Waals surface area contributed by atoms with Gasteiger partial charge in [-0.3, -0.25) is 4.55 Å². The molecule has 0 aliphatic heterocycles. The van der Waals surface area contributed by atoms with Crippen molar-refractivity contribution in [2.24, 2.45) is 0 Å². The molecular weight excluding hydrogens is 326 g/mol. The van der Waals surface area contributed by atoms with Crippen molar-refractivity contribution >= 4 is 10.1 Å². The van der Waals surface area contributed by atoms with Crippen LogP contribution in [0.5, 0.6) is 0 Å². The standard InChI is InChI=1S/C18H39NO3S.H2O/c1-4-5-6-7-8-9-10-11-12-13-14-16-19(2,3)17-15-18-23(20,21)22;/h4-18H2,1-3H3;1H2. The van der Waals surface area contributed by atoms with E-state index in [-0.39, 0.29) is 11.2 Å². The molecule has 0 atom stereocenters. The largest absolute Gasteiger partial charge is 0.870 e. The maximum Gasteiger partial charge on any atom is 0.265 e. The first-order chi connectivity index (χ1) is 10.8. The van der Waals surface area contributed by atoms with Crippen LogP contribution in [0.1, 0.15) is 84.0 Å². The summed E-state index contributed by atoms with van der Waals surface area (Å²) in [7, 11) is 0.476. The van der Waals surface area contributed by atoms with Crippen molar-refractivity contribution in [3.63, 3.8) is 0 Å². The molecule has 0 unspecified atom stereocenters. The zero-order valence-corrected chi connectivity index (χ0v) is 17.0. The molecule has 5 nitrogen and oxygen atoms in total. The van der Waals surface area contributed by atoms with Gasteiger partial charge in [0.2, 0.25) is 0 Å². The number of nitrogens with zero attached hydrogens (tertiary/aromatic N) is 1. The number of rotatable bonds is 16. The average Bonchev–Trinajstić information content (AvgIpc) is 2.43. The molecule has 6 heteroatoms. The highest BCUT2D eigenvalue weighted by Gasteiger charge is 2.16. The predicted octanol–water partition coefficient (Wildman–Crippen LogP) is 4.47. The lowest BCUT2D eigenvalue weighted by Gasteiger charge is -2.29. The van der Waals surface area contributed by atoms with E-state index in [1.54, 1.807) is 0 Å². The molecule has 0 spiro atoms. The average molecular weight is 368 g/mol. The van der Waals surface area contributed by atoms with E-state index in [2.05, 4.69) is 21.0 Å². The van der Waals surface area contributed by atoms with Gasteiger partial charge in [-0.15, -0.1) is 0 Å². The molecule has 0 heterocycles. The van der Waals surface area contributed by atoms with Gasteiger partial charge in [-0.2, -0.15) is 8.42 Å². The Morgan fingerprint density at radius 2 is 1.08 bits per heavy atom. The van der Waals surface area contributed by atoms with Gasteiger partial charge in [0.1, 0.15) is 0 Å². The van der Waals surface area contributed by atoms with Crippen molar-refractivity contribution in [2.75, 3.05) is 32.9 Å². The molecule has 0 aromatic heterocycles. The fourth-order valence-electron chi connectivity index (χ4n) is 2.99. The second-order valence-corrected chi connectivity index (χ2v) is 9.13. The first kappa shape index (κ1) is 26.1. The van der Waals surface area contributed by atoms with Crippen LogP contribution in [0.3, 0.4) is 0 Å². The minimum Gasteiger partial charge on any atom is -0.870 e. The normalized spacial score (nSPS) is 12.2. The van der Waals surface area contributed by atoms with Crippen LogP contribution in [0.4, 0.5) is 0 Å². The zero-order valence-electron chi connectivity index (χ0n) is 16.2. The molecule has 24 heavy (non-hydrogen) atoms. The number of unbranched alkanes of at least 4 members (excludes halogenated alkanes) is 10. The van der Waals surface area contributed by atoms with E-state index in [1.165, 1.54) is 70.6 Å². The second-order valence-electron chi connectivity index (χ2n) is 7.56. The Morgan fingerprint density at radius 1 is 0.708 bits per heavy atom. The molecule has 0 aliphatic rings. The fourth-order valence-corrected chi connectivity index (χ4v) is 3.48. The number of hydrogen-bond donors (Lipinski definition) is 1. The van der Waals surface area contributed by atoms with Crippen molar-refractivity contribution in [3.05, 3.63) is 0 Å². The summed E-state index contributed by atoms with van der Waals surface area (Å²) in [6, 6.07) is 0. The van der Waals surface area contributed by atoms with E-state index < -0.39 is 10.1 Å². The zero-order chi connectivity index (χ0) is 17.6. The summed E-state index contributed by atoms with van der Waals surface area (Å²) < 4.78 is 31.0. The van der Waals surface area contributed by atoms with Gasteiger partial charge in [0.15, 0.2) is 0 Å². The fraction of sp³-hybridized carbons (Fsp3) is 1.00. The smallest absolute Gasteiger partial charge is 0.265 e. The van der Waals surface area contributed by atoms with E-state index >= 15 is 0 Å². The van der Waals surface area contributed by atoms with Gasteiger partial charge >= 0.3 is 0 Å². The van der Waals surface area contributed by atoms with Crippen molar-refractivity contribution in [1.29, 1.82) is 0 Å². The maximum atomic E-state index is 10.7. The van der Waals surface area contributed by atoms with Crippen molar-refractivity contribution in [3.8, 4) is 0 Å². The van der Waals surface area contributed by atoms with Crippen LogP contribution in [0.2, 0.25) is 0 Å². The van der Waals surface area contributed by atoms with Crippen LogP contribution < -0.4 is 0 Å². The molecule has 0 saturated heterocycles. The first-order valence-corrected chi connectivity index (χ1v) is 11.1. The topological polar surface area (TPSA) is 84.4 Å². The molecule has 0 radical (unpaired) electrons. The minimum atomic E-state index is -3.80. The highest BCUT2D eigenvalue weighted by Crippen LogP contribution is 2.12. The summed E-state index contributed by atoms with van der Waals surface area (Å²) in [4.78, 5) is 0. The van der Waals surface area contributed by atoms with Crippen molar-refractivity contribution in [2.45, 2.75) is 84.0 Å². The summed E-state index contributed by atoms with van der Waals surface area (Å²) in [6.45, 7) is 4.15. The summed E-state index contributed by atoms with van der Waals surface area (Å²) in [5.41, 5.74) is 0. The molecule has 0 rings (SSSR count). The van der Waals surface area contributed by atoms with Crippen LogP contribution in [-0.4, -0.2) is 55.9 Å². The quantitative estimate of drug-likeness (QED) is 0.248. The third-order valence-corrected chi connectivity index (χ3v) is 5.34. The first-order valence-electron chi connectivity index (χ1n) is 9.54. The minimum absolute atomic E-state index is 0. The number of hydrogen-bond acceptors (Lipinski definition) is 3. The summed E-state index contributed by atoms with van der Waals surface area (Å²) in [5, 5.41) is 0. The Kier molecular flexibility index (Phi) is 16.4. The van der Waals surface area contributed by atoms with E-state index in [0.717, 1.165) is 17.6 Å². The monoisotopic (exact) mass is 367 g/mol. The van der Waals surface area contributed by atoms with Gasteiger partial charge in [0.25, 0.3) is 10.1 Å². The highest BCUT2D eigenvalue weighted by atomic mass is 32.2. The van der Waals surface area contributed by atoms with E-state index in [4.69, 9.17) is 4.55 Å².